The van der Waals surface area contributed by atoms with Crippen LogP contribution in [0, 0.1) is 0 Å². The highest BCUT2D eigenvalue weighted by Crippen LogP contribution is 2.75. The van der Waals surface area contributed by atoms with E-state index in [0.717, 1.165) is 0 Å². The maximum Gasteiger partial charge on any atom is 0.0728 e. The topological polar surface area (TPSA) is 0 Å². The highest BCUT2D eigenvalue weighted by molar-refractivity contribution is 7.20. The van der Waals surface area contributed by atoms with E-state index in [4.69, 9.17) is 0 Å². The van der Waals surface area contributed by atoms with Gasteiger partial charge >= 0.3 is 0 Å². The van der Waals surface area contributed by atoms with Crippen LogP contribution in [0.3, 0.4) is 0 Å². The van der Waals surface area contributed by atoms with Crippen molar-refractivity contribution in [3.8, 4) is 62.6 Å². The molecule has 3 aromatic heterocycles. The Morgan fingerprint density at radius 1 is 0.233 bits per heavy atom. The Morgan fingerprint density at radius 2 is 0.422 bits per heavy atom. The molecule has 3 heteroatoms. The Kier molecular flexibility index (Phi) is 13.0. The minimum absolute atomic E-state index is 0.0182. The van der Waals surface area contributed by atoms with Crippen LogP contribution in [0.1, 0.15) is 146 Å². The SMILES string of the molecule is CC(C)(C)c1ccc(-c2cc3c(s2)-c2c(c4c(c5c2C(c2ccccc2)(c2ccccc2)c2cc(-c6ccc(C(C)(C)C)cc6)sc2-5)C(c2ccccc2)(c2ccccc2)c2cc(-c5ccc(C(C)(C)C)cc5)sc2-4)C3(c2ccccc2)c2ccccc2)cc1. The van der Waals surface area contributed by atoms with Crippen LogP contribution >= 0.6 is 34.0 Å². The molecule has 0 radical (unpaired) electrons. The van der Waals surface area contributed by atoms with Crippen LogP contribution in [0.15, 0.2) is 273 Å². The molecule has 0 nitrogen and oxygen atoms in total. The highest BCUT2D eigenvalue weighted by Gasteiger charge is 2.62. The van der Waals surface area contributed by atoms with Crippen molar-refractivity contribution in [1.29, 1.82) is 0 Å². The van der Waals surface area contributed by atoms with E-state index in [1.54, 1.807) is 0 Å². The van der Waals surface area contributed by atoms with Gasteiger partial charge in [-0.2, -0.15) is 0 Å². The lowest BCUT2D eigenvalue weighted by Crippen LogP contribution is -2.33. The minimum atomic E-state index is -0.791. The van der Waals surface area contributed by atoms with Gasteiger partial charge in [-0.05, 0) is 135 Å². The normalized spacial score (nSPS) is 14.8. The highest BCUT2D eigenvalue weighted by atomic mass is 32.1. The van der Waals surface area contributed by atoms with Crippen molar-refractivity contribution < 1.29 is 0 Å². The Balaban J connectivity index is 1.17. The second-order valence-corrected chi connectivity index (χ2v) is 31.4. The second-order valence-electron chi connectivity index (χ2n) is 28.2. The molecule has 3 heterocycles. The summed E-state index contributed by atoms with van der Waals surface area (Å²) in [5.74, 6) is 0. The summed E-state index contributed by atoms with van der Waals surface area (Å²) in [4.78, 5) is 7.83. The van der Waals surface area contributed by atoms with Gasteiger partial charge in [-0.15, -0.1) is 34.0 Å². The van der Waals surface area contributed by atoms with Crippen LogP contribution in [0.5, 0.6) is 0 Å². The van der Waals surface area contributed by atoms with Crippen molar-refractivity contribution >= 4 is 34.0 Å². The van der Waals surface area contributed by atoms with Gasteiger partial charge in [0.25, 0.3) is 0 Å². The first-order valence-corrected chi connectivity index (χ1v) is 34.3. The molecule has 3 aliphatic carbocycles. The quantitative estimate of drug-likeness (QED) is 0.135. The van der Waals surface area contributed by atoms with Crippen LogP contribution in [0.4, 0.5) is 0 Å². The fourth-order valence-corrected chi connectivity index (χ4v) is 19.6. The van der Waals surface area contributed by atoms with Gasteiger partial charge in [0.05, 0.1) is 16.2 Å². The molecule has 13 aromatic rings. The molecule has 10 aromatic carbocycles. The van der Waals surface area contributed by atoms with Gasteiger partial charge in [0.15, 0.2) is 0 Å². The molecule has 90 heavy (non-hydrogen) atoms. The van der Waals surface area contributed by atoms with E-state index < -0.39 is 16.2 Å². The van der Waals surface area contributed by atoms with Crippen LogP contribution in [-0.2, 0) is 32.5 Å². The van der Waals surface area contributed by atoms with Gasteiger partial charge in [0.1, 0.15) is 0 Å². The van der Waals surface area contributed by atoms with Gasteiger partial charge in [0, 0.05) is 46.0 Å². The Morgan fingerprint density at radius 3 is 0.600 bits per heavy atom. The zero-order chi connectivity index (χ0) is 61.5. The van der Waals surface area contributed by atoms with Gasteiger partial charge in [-0.3, -0.25) is 0 Å². The van der Waals surface area contributed by atoms with E-state index in [-0.39, 0.29) is 16.2 Å². The summed E-state index contributed by atoms with van der Waals surface area (Å²) in [6.07, 6.45) is 0. The van der Waals surface area contributed by atoms with E-state index in [1.165, 1.54) is 146 Å². The van der Waals surface area contributed by atoms with Crippen molar-refractivity contribution in [2.24, 2.45) is 0 Å². The zero-order valence-electron chi connectivity index (χ0n) is 52.7. The Hall–Kier alpha value is -8.70. The molecule has 0 saturated carbocycles. The first-order valence-electron chi connectivity index (χ1n) is 31.9. The molecule has 0 unspecified atom stereocenters. The first-order chi connectivity index (χ1) is 43.5. The number of thiophene rings is 3. The van der Waals surface area contributed by atoms with E-state index in [0.29, 0.717) is 0 Å². The molecule has 0 fully saturated rings. The lowest BCUT2D eigenvalue weighted by molar-refractivity contribution is 0.590. The van der Waals surface area contributed by atoms with Crippen LogP contribution in [-0.4, -0.2) is 0 Å². The third kappa shape index (κ3) is 8.21. The molecule has 438 valence electrons. The smallest absolute Gasteiger partial charge is 0.0728 e. The van der Waals surface area contributed by atoms with Crippen LogP contribution in [0.2, 0.25) is 0 Å². The van der Waals surface area contributed by atoms with Crippen LogP contribution in [0.25, 0.3) is 62.6 Å². The first kappa shape index (κ1) is 56.5. The van der Waals surface area contributed by atoms with E-state index in [1.807, 2.05) is 34.0 Å². The summed E-state index contributed by atoms with van der Waals surface area (Å²) in [6, 6.07) is 106. The van der Waals surface area contributed by atoms with Crippen molar-refractivity contribution in [3.63, 3.8) is 0 Å². The van der Waals surface area contributed by atoms with Gasteiger partial charge in [-0.25, -0.2) is 0 Å². The second kappa shape index (κ2) is 20.7. The number of fused-ring (bicyclic) bond motifs is 12. The average Bonchev–Trinajstić information content (AvgIpc) is 1.46. The van der Waals surface area contributed by atoms with E-state index >= 15 is 0 Å². The summed E-state index contributed by atoms with van der Waals surface area (Å²) < 4.78 is 0. The predicted octanol–water partition coefficient (Wildman–Crippen LogP) is 23.9. The van der Waals surface area contributed by atoms with Gasteiger partial charge in [0.2, 0.25) is 0 Å². The minimum Gasteiger partial charge on any atom is -0.135 e. The summed E-state index contributed by atoms with van der Waals surface area (Å²) in [7, 11) is 0. The Bertz CT molecular complexity index is 4210. The molecule has 0 amide bonds. The number of hydrogen-bond acceptors (Lipinski definition) is 3. The molecule has 0 bridgehead atoms. The largest absolute Gasteiger partial charge is 0.135 e. The lowest BCUT2D eigenvalue weighted by Gasteiger charge is -2.40. The summed E-state index contributed by atoms with van der Waals surface area (Å²) in [5, 5.41) is 0. The van der Waals surface area contributed by atoms with Crippen molar-refractivity contribution in [1.82, 2.24) is 0 Å². The van der Waals surface area contributed by atoms with Gasteiger partial charge in [-0.1, -0.05) is 317 Å². The fraction of sp³-hybridized carbons (Fsp3) is 0.172. The third-order valence-electron chi connectivity index (χ3n) is 20.1. The average molecular weight is 1210 g/mol. The summed E-state index contributed by atoms with van der Waals surface area (Å²) >= 11 is 5.99. The summed E-state index contributed by atoms with van der Waals surface area (Å²) in [6.45, 7) is 20.8. The molecular weight excluding hydrogens is 1140 g/mol. The van der Waals surface area contributed by atoms with Crippen molar-refractivity contribution in [3.05, 3.63) is 356 Å². The molecule has 16 rings (SSSR count). The zero-order valence-corrected chi connectivity index (χ0v) is 55.2. The van der Waals surface area contributed by atoms with Gasteiger partial charge < -0.3 is 0 Å². The van der Waals surface area contributed by atoms with Crippen molar-refractivity contribution in [2.75, 3.05) is 0 Å². The Labute approximate surface area is 543 Å². The molecule has 3 aliphatic rings. The monoisotopic (exact) mass is 1210 g/mol. The molecule has 0 saturated heterocycles. The van der Waals surface area contributed by atoms with Crippen molar-refractivity contribution in [2.45, 2.75) is 94.8 Å². The van der Waals surface area contributed by atoms with E-state index in [2.05, 4.69) is 335 Å². The molecular formula is C87H72S3. The van der Waals surface area contributed by atoms with E-state index in [9.17, 15) is 0 Å². The van der Waals surface area contributed by atoms with Crippen LogP contribution < -0.4 is 0 Å². The standard InChI is InChI=1S/C87H72S3/c1-82(2,3)58-46-40-55(41-47-58)70-52-67-79(88-70)73-76(85(67,61-28-16-10-17-29-61)62-30-18-11-19-31-62)74-78(87(65-36-24-14-25-37-65,66-38-26-15-27-39-66)69-54-72(89-80(69)74)57-44-50-60(51-45-57)84(7,8)9)75-77(73)86(63-32-20-12-21-33-63,64-34-22-13-23-35-64)68-53-71(90-81(68)75)56-42-48-59(49-43-56)83(4,5)6/h10-54H,1-9H3. The third-order valence-corrected chi connectivity index (χ3v) is 23.7. The number of hydrogen-bond donors (Lipinski definition) is 0. The lowest BCUT2D eigenvalue weighted by atomic mass is 9.61. The molecule has 0 N–H and O–H groups in total. The molecule has 0 aliphatic heterocycles. The summed E-state index contributed by atoms with van der Waals surface area (Å²) in [5.41, 5.74) is 25.2. The number of rotatable bonds is 9. The maximum atomic E-state index is 2.62. The number of benzene rings is 10. The fourth-order valence-electron chi connectivity index (χ4n) is 15.8. The maximum absolute atomic E-state index is 2.62. The molecule has 0 spiro atoms. The predicted molar refractivity (Wildman–Crippen MR) is 384 cm³/mol. The molecule has 0 atom stereocenters.